The molecule has 0 amide bonds. The fraction of sp³-hybridized carbons (Fsp3) is 0.400. The second-order valence-electron chi connectivity index (χ2n) is 5.51. The summed E-state index contributed by atoms with van der Waals surface area (Å²) >= 11 is 0. The van der Waals surface area contributed by atoms with Crippen LogP contribution >= 0.6 is 0 Å². The van der Waals surface area contributed by atoms with Crippen LogP contribution in [0.15, 0.2) is 55.8 Å². The molecule has 1 fully saturated rings. The van der Waals surface area contributed by atoms with Crippen molar-refractivity contribution in [3.05, 3.63) is 55.8 Å². The molecule has 1 aromatic rings. The third-order valence-electron chi connectivity index (χ3n) is 3.74. The second kappa shape index (κ2) is 12.8. The van der Waals surface area contributed by atoms with E-state index < -0.39 is 5.97 Å². The topological polar surface area (TPSA) is 55.8 Å². The van der Waals surface area contributed by atoms with Crippen LogP contribution in [0.2, 0.25) is 0 Å². The summed E-state index contributed by atoms with van der Waals surface area (Å²) in [5.74, 6) is 0.337. The maximum atomic E-state index is 10.6. The molecule has 0 aliphatic carbocycles. The lowest BCUT2D eigenvalue weighted by atomic mass is 10.1. The zero-order chi connectivity index (χ0) is 18.3. The van der Waals surface area contributed by atoms with Gasteiger partial charge in [-0.05, 0) is 31.2 Å². The molecule has 1 aliphatic rings. The van der Waals surface area contributed by atoms with Crippen LogP contribution in [0.4, 0.5) is 0 Å². The number of esters is 1. The molecule has 0 saturated carbocycles. The van der Waals surface area contributed by atoms with E-state index in [9.17, 15) is 9.59 Å². The SMILES string of the molecule is C=CC(=O)OCCOc1ccccc1.C=CN1CCCCCC1C=O. The molecule has 1 aromatic carbocycles. The molecule has 1 unspecified atom stereocenters. The first kappa shape index (κ1) is 20.5. The minimum atomic E-state index is -0.429. The minimum absolute atomic E-state index is 0.0926. The van der Waals surface area contributed by atoms with E-state index in [1.54, 1.807) is 6.20 Å². The number of ether oxygens (including phenoxy) is 2. The Hall–Kier alpha value is -2.56. The lowest BCUT2D eigenvalue weighted by Crippen LogP contribution is -2.30. The van der Waals surface area contributed by atoms with Crippen LogP contribution in [-0.4, -0.2) is 43.0 Å². The van der Waals surface area contributed by atoms with E-state index in [0.29, 0.717) is 6.61 Å². The van der Waals surface area contributed by atoms with E-state index in [1.807, 2.05) is 35.2 Å². The molecular formula is C20H27NO4. The van der Waals surface area contributed by atoms with Gasteiger partial charge in [0.15, 0.2) is 0 Å². The Balaban J connectivity index is 0.000000257. The van der Waals surface area contributed by atoms with Crippen LogP contribution < -0.4 is 4.74 Å². The molecule has 136 valence electrons. The van der Waals surface area contributed by atoms with E-state index in [-0.39, 0.29) is 12.6 Å². The highest BCUT2D eigenvalue weighted by Gasteiger charge is 2.15. The minimum Gasteiger partial charge on any atom is -0.490 e. The molecule has 2 rings (SSSR count). The molecule has 1 heterocycles. The predicted molar refractivity (Wildman–Crippen MR) is 98.3 cm³/mol. The van der Waals surface area contributed by atoms with Crippen LogP contribution in [-0.2, 0) is 14.3 Å². The summed E-state index contributed by atoms with van der Waals surface area (Å²) in [6.07, 6.45) is 8.55. The van der Waals surface area contributed by atoms with Gasteiger partial charge in [-0.15, -0.1) is 0 Å². The van der Waals surface area contributed by atoms with E-state index >= 15 is 0 Å². The van der Waals surface area contributed by atoms with Crippen LogP contribution in [0.3, 0.4) is 0 Å². The number of nitrogens with zero attached hydrogens (tertiary/aromatic N) is 1. The number of hydrogen-bond donors (Lipinski definition) is 0. The van der Waals surface area contributed by atoms with Gasteiger partial charge < -0.3 is 19.2 Å². The van der Waals surface area contributed by atoms with Crippen LogP contribution in [0.5, 0.6) is 5.75 Å². The summed E-state index contributed by atoms with van der Waals surface area (Å²) < 4.78 is 10.0. The third kappa shape index (κ3) is 8.74. The number of hydrogen-bond acceptors (Lipinski definition) is 5. The van der Waals surface area contributed by atoms with Gasteiger partial charge in [0, 0.05) is 12.6 Å². The van der Waals surface area contributed by atoms with E-state index in [0.717, 1.165) is 31.1 Å². The van der Waals surface area contributed by atoms with Crippen LogP contribution in [0.25, 0.3) is 0 Å². The molecule has 0 bridgehead atoms. The van der Waals surface area contributed by atoms with E-state index in [1.165, 1.54) is 19.3 Å². The average Bonchev–Trinajstić information content (AvgIpc) is 2.91. The Labute approximate surface area is 149 Å². The lowest BCUT2D eigenvalue weighted by Gasteiger charge is -2.23. The number of rotatable bonds is 7. The Morgan fingerprint density at radius 3 is 2.56 bits per heavy atom. The third-order valence-corrected chi connectivity index (χ3v) is 3.74. The highest BCUT2D eigenvalue weighted by atomic mass is 16.6. The zero-order valence-corrected chi connectivity index (χ0v) is 14.6. The number of para-hydroxylation sites is 1. The summed E-state index contributed by atoms with van der Waals surface area (Å²) in [7, 11) is 0. The number of benzene rings is 1. The predicted octanol–water partition coefficient (Wildman–Crippen LogP) is 3.37. The van der Waals surface area contributed by atoms with Crippen molar-refractivity contribution in [2.45, 2.75) is 31.7 Å². The van der Waals surface area contributed by atoms with Gasteiger partial charge in [0.25, 0.3) is 0 Å². The van der Waals surface area contributed by atoms with Gasteiger partial charge in [0.2, 0.25) is 0 Å². The largest absolute Gasteiger partial charge is 0.490 e. The van der Waals surface area contributed by atoms with Gasteiger partial charge in [0.05, 0.1) is 6.04 Å². The summed E-state index contributed by atoms with van der Waals surface area (Å²) in [5, 5.41) is 0. The number of carbonyl (C=O) groups is 2. The van der Waals surface area contributed by atoms with Crippen molar-refractivity contribution in [3.63, 3.8) is 0 Å². The highest BCUT2D eigenvalue weighted by molar-refractivity contribution is 5.81. The van der Waals surface area contributed by atoms with Crippen molar-refractivity contribution in [1.29, 1.82) is 0 Å². The van der Waals surface area contributed by atoms with Gasteiger partial charge in [-0.2, -0.15) is 0 Å². The Morgan fingerprint density at radius 2 is 1.92 bits per heavy atom. The normalized spacial score (nSPS) is 16.5. The Morgan fingerprint density at radius 1 is 1.16 bits per heavy atom. The summed E-state index contributed by atoms with van der Waals surface area (Å²) in [6.45, 7) is 8.55. The maximum absolute atomic E-state index is 10.6. The molecule has 1 saturated heterocycles. The van der Waals surface area contributed by atoms with Crippen LogP contribution in [0, 0.1) is 0 Å². The maximum Gasteiger partial charge on any atom is 0.330 e. The molecule has 5 heteroatoms. The molecule has 0 spiro atoms. The van der Waals surface area contributed by atoms with Crippen molar-refractivity contribution in [2.24, 2.45) is 0 Å². The number of likely N-dealkylation sites (tertiary alicyclic amines) is 1. The van der Waals surface area contributed by atoms with Gasteiger partial charge in [0.1, 0.15) is 25.2 Å². The average molecular weight is 345 g/mol. The fourth-order valence-corrected chi connectivity index (χ4v) is 2.41. The van der Waals surface area contributed by atoms with Crippen molar-refractivity contribution < 1.29 is 19.1 Å². The van der Waals surface area contributed by atoms with Gasteiger partial charge in [-0.25, -0.2) is 4.79 Å². The molecule has 1 aliphatic heterocycles. The van der Waals surface area contributed by atoms with Crippen molar-refractivity contribution >= 4 is 12.3 Å². The molecule has 5 nitrogen and oxygen atoms in total. The highest BCUT2D eigenvalue weighted by Crippen LogP contribution is 2.14. The number of carbonyl (C=O) groups excluding carboxylic acids is 2. The zero-order valence-electron chi connectivity index (χ0n) is 14.6. The van der Waals surface area contributed by atoms with E-state index in [2.05, 4.69) is 13.2 Å². The standard InChI is InChI=1S/C11H12O3.C9H15NO/c1-2-11(12)14-9-8-13-10-6-4-3-5-7-10;1-2-10-7-5-3-4-6-9(10)8-11/h2-7H,1,8-9H2;2,8-9H,1,3-7H2. The molecule has 1 atom stereocenters. The summed E-state index contributed by atoms with van der Waals surface area (Å²) in [4.78, 5) is 23.3. The molecule has 0 radical (unpaired) electrons. The van der Waals surface area contributed by atoms with Crippen molar-refractivity contribution in [2.75, 3.05) is 19.8 Å². The first-order valence-electron chi connectivity index (χ1n) is 8.52. The molecule has 25 heavy (non-hydrogen) atoms. The van der Waals surface area contributed by atoms with Crippen molar-refractivity contribution in [1.82, 2.24) is 4.90 Å². The second-order valence-corrected chi connectivity index (χ2v) is 5.51. The monoisotopic (exact) mass is 345 g/mol. The quantitative estimate of drug-likeness (QED) is 0.328. The lowest BCUT2D eigenvalue weighted by molar-refractivity contribution is -0.138. The Bertz CT molecular complexity index is 514. The van der Waals surface area contributed by atoms with Gasteiger partial charge in [-0.3, -0.25) is 0 Å². The molecule has 0 N–H and O–H groups in total. The van der Waals surface area contributed by atoms with Crippen molar-refractivity contribution in [3.8, 4) is 5.75 Å². The molecular weight excluding hydrogens is 318 g/mol. The van der Waals surface area contributed by atoms with Crippen LogP contribution in [0.1, 0.15) is 25.7 Å². The van der Waals surface area contributed by atoms with Gasteiger partial charge in [-0.1, -0.05) is 44.2 Å². The summed E-state index contributed by atoms with van der Waals surface area (Å²) in [6, 6.07) is 9.45. The Kier molecular flexibility index (Phi) is 10.5. The first-order chi connectivity index (χ1) is 12.2. The summed E-state index contributed by atoms with van der Waals surface area (Å²) in [5.41, 5.74) is 0. The van der Waals surface area contributed by atoms with Gasteiger partial charge >= 0.3 is 5.97 Å². The first-order valence-corrected chi connectivity index (χ1v) is 8.52. The fourth-order valence-electron chi connectivity index (χ4n) is 2.41. The number of aldehydes is 1. The van der Waals surface area contributed by atoms with E-state index in [4.69, 9.17) is 9.47 Å². The molecule has 0 aromatic heterocycles. The smallest absolute Gasteiger partial charge is 0.330 e.